The van der Waals surface area contributed by atoms with E-state index in [0.717, 1.165) is 17.8 Å². The van der Waals surface area contributed by atoms with Gasteiger partial charge in [0.15, 0.2) is 0 Å². The Balaban J connectivity index is 2.05. The lowest BCUT2D eigenvalue weighted by Gasteiger charge is -2.19. The summed E-state index contributed by atoms with van der Waals surface area (Å²) < 4.78 is 25.1. The van der Waals surface area contributed by atoms with E-state index in [1.54, 1.807) is 36.7 Å². The van der Waals surface area contributed by atoms with Crippen LogP contribution in [-0.4, -0.2) is 18.7 Å². The van der Waals surface area contributed by atoms with Gasteiger partial charge >= 0.3 is 11.4 Å². The molecule has 21 heavy (non-hydrogen) atoms. The van der Waals surface area contributed by atoms with E-state index < -0.39 is 17.5 Å². The summed E-state index contributed by atoms with van der Waals surface area (Å²) in [4.78, 5) is 7.24. The standard InChI is InChI=1S/C14H17ClN2O3S/c1-10(9-14-16-6-7-17-14)8-13(20-21(18)19)11-2-4-12(15)5-3-11/h2-7,10,13H,8-9H2,1H3,(H,16,17)(H,18,19). The summed E-state index contributed by atoms with van der Waals surface area (Å²) in [5.41, 5.74) is 0.827. The zero-order valence-electron chi connectivity index (χ0n) is 11.5. The molecule has 0 radical (unpaired) electrons. The largest absolute Gasteiger partial charge is 0.349 e. The van der Waals surface area contributed by atoms with Gasteiger partial charge in [-0.25, -0.2) is 4.98 Å². The molecule has 5 nitrogen and oxygen atoms in total. The van der Waals surface area contributed by atoms with Gasteiger partial charge in [0, 0.05) is 23.8 Å². The molecule has 3 atom stereocenters. The third-order valence-electron chi connectivity index (χ3n) is 3.15. The van der Waals surface area contributed by atoms with Crippen LogP contribution in [0.15, 0.2) is 36.7 Å². The second-order valence-corrected chi connectivity index (χ2v) is 6.00. The number of H-pyrrole nitrogens is 1. The lowest BCUT2D eigenvalue weighted by atomic mass is 9.95. The van der Waals surface area contributed by atoms with Crippen LogP contribution in [0, 0.1) is 5.92 Å². The summed E-state index contributed by atoms with van der Waals surface area (Å²) in [5, 5.41) is 0.617. The Hall–Kier alpha value is -1.21. The molecule has 3 unspecified atom stereocenters. The highest BCUT2D eigenvalue weighted by Crippen LogP contribution is 2.28. The first-order chi connectivity index (χ1) is 10.0. The minimum Gasteiger partial charge on any atom is -0.349 e. The molecule has 0 bridgehead atoms. The van der Waals surface area contributed by atoms with Crippen molar-refractivity contribution in [3.05, 3.63) is 53.1 Å². The second kappa shape index (κ2) is 7.70. The van der Waals surface area contributed by atoms with Gasteiger partial charge < -0.3 is 4.98 Å². The van der Waals surface area contributed by atoms with Crippen molar-refractivity contribution in [3.63, 3.8) is 0 Å². The Morgan fingerprint density at radius 3 is 2.71 bits per heavy atom. The fraction of sp³-hybridized carbons (Fsp3) is 0.357. The zero-order chi connectivity index (χ0) is 15.2. The minimum absolute atomic E-state index is 0.236. The van der Waals surface area contributed by atoms with Crippen LogP contribution in [0.3, 0.4) is 0 Å². The fourth-order valence-electron chi connectivity index (χ4n) is 2.20. The number of nitrogens with one attached hydrogen (secondary N) is 1. The zero-order valence-corrected chi connectivity index (χ0v) is 13.1. The maximum atomic E-state index is 11.0. The normalized spacial score (nSPS) is 15.6. The number of rotatable bonds is 7. The van der Waals surface area contributed by atoms with Crippen LogP contribution < -0.4 is 0 Å². The van der Waals surface area contributed by atoms with Crippen LogP contribution in [0.5, 0.6) is 0 Å². The van der Waals surface area contributed by atoms with Gasteiger partial charge in [0.05, 0.1) is 0 Å². The number of imidazole rings is 1. The molecule has 114 valence electrons. The third-order valence-corrected chi connectivity index (χ3v) is 3.80. The summed E-state index contributed by atoms with van der Waals surface area (Å²) in [6.45, 7) is 2.05. The topological polar surface area (TPSA) is 75.2 Å². The Morgan fingerprint density at radius 2 is 2.14 bits per heavy atom. The van der Waals surface area contributed by atoms with Crippen molar-refractivity contribution in [2.75, 3.05) is 0 Å². The lowest BCUT2D eigenvalue weighted by Crippen LogP contribution is -2.12. The molecule has 1 heterocycles. The quantitative estimate of drug-likeness (QED) is 0.762. The highest BCUT2D eigenvalue weighted by molar-refractivity contribution is 7.74. The number of benzene rings is 1. The summed E-state index contributed by atoms with van der Waals surface area (Å²) in [6.07, 6.45) is 4.38. The van der Waals surface area contributed by atoms with Crippen molar-refractivity contribution in [1.82, 2.24) is 9.97 Å². The SMILES string of the molecule is CC(Cc1ncc[nH]1)CC(OS(=O)O)c1ccc(Cl)cc1. The molecule has 0 spiro atoms. The molecule has 2 N–H and O–H groups in total. The van der Waals surface area contributed by atoms with Crippen LogP contribution in [0.25, 0.3) is 0 Å². The van der Waals surface area contributed by atoms with Gasteiger partial charge in [-0.1, -0.05) is 30.7 Å². The molecule has 0 saturated carbocycles. The van der Waals surface area contributed by atoms with Gasteiger partial charge in [-0.15, -0.1) is 0 Å². The van der Waals surface area contributed by atoms with Crippen LogP contribution >= 0.6 is 11.6 Å². The van der Waals surface area contributed by atoms with E-state index in [2.05, 4.69) is 16.9 Å². The maximum Gasteiger partial charge on any atom is 0.302 e. The monoisotopic (exact) mass is 328 g/mol. The van der Waals surface area contributed by atoms with Crippen molar-refractivity contribution in [2.45, 2.75) is 25.9 Å². The van der Waals surface area contributed by atoms with Crippen molar-refractivity contribution in [2.24, 2.45) is 5.92 Å². The Labute approximate surface area is 131 Å². The third kappa shape index (κ3) is 5.24. The Kier molecular flexibility index (Phi) is 5.93. The summed E-state index contributed by atoms with van der Waals surface area (Å²) in [7, 11) is 0. The number of hydrogen-bond donors (Lipinski definition) is 2. The highest BCUT2D eigenvalue weighted by atomic mass is 35.5. The van der Waals surface area contributed by atoms with Gasteiger partial charge in [-0.05, 0) is 30.0 Å². The first kappa shape index (κ1) is 16.2. The molecular formula is C14H17ClN2O3S. The van der Waals surface area contributed by atoms with Gasteiger partial charge in [0.1, 0.15) is 11.9 Å². The minimum atomic E-state index is -2.31. The van der Waals surface area contributed by atoms with E-state index >= 15 is 0 Å². The van der Waals surface area contributed by atoms with Crippen LogP contribution in [-0.2, 0) is 22.0 Å². The molecule has 7 heteroatoms. The Bertz CT molecular complexity index is 574. The molecule has 0 aliphatic rings. The molecule has 0 fully saturated rings. The molecule has 1 aromatic carbocycles. The molecule has 0 amide bonds. The average Bonchev–Trinajstić information content (AvgIpc) is 2.91. The van der Waals surface area contributed by atoms with Crippen molar-refractivity contribution < 1.29 is 12.9 Å². The maximum absolute atomic E-state index is 11.0. The number of nitrogens with zero attached hydrogens (tertiary/aromatic N) is 1. The van der Waals surface area contributed by atoms with Crippen LogP contribution in [0.4, 0.5) is 0 Å². The summed E-state index contributed by atoms with van der Waals surface area (Å²) >= 11 is 3.55. The van der Waals surface area contributed by atoms with E-state index in [0.29, 0.717) is 11.4 Å². The molecule has 1 aromatic heterocycles. The van der Waals surface area contributed by atoms with E-state index in [9.17, 15) is 4.21 Å². The fourth-order valence-corrected chi connectivity index (χ4v) is 2.71. The van der Waals surface area contributed by atoms with E-state index in [1.807, 2.05) is 0 Å². The number of aromatic nitrogens is 2. The number of aromatic amines is 1. The predicted octanol–water partition coefficient (Wildman–Crippen LogP) is 3.53. The summed E-state index contributed by atoms with van der Waals surface area (Å²) in [5.74, 6) is 1.13. The van der Waals surface area contributed by atoms with Gasteiger partial charge in [-0.2, -0.15) is 4.21 Å². The second-order valence-electron chi connectivity index (χ2n) is 4.93. The first-order valence-electron chi connectivity index (χ1n) is 6.56. The Morgan fingerprint density at radius 1 is 1.43 bits per heavy atom. The molecular weight excluding hydrogens is 312 g/mol. The highest BCUT2D eigenvalue weighted by Gasteiger charge is 2.19. The predicted molar refractivity (Wildman–Crippen MR) is 82.1 cm³/mol. The van der Waals surface area contributed by atoms with E-state index in [4.69, 9.17) is 20.3 Å². The molecule has 2 rings (SSSR count). The van der Waals surface area contributed by atoms with Crippen molar-refractivity contribution in [3.8, 4) is 0 Å². The molecule has 0 aliphatic carbocycles. The van der Waals surface area contributed by atoms with Gasteiger partial charge in [0.2, 0.25) is 0 Å². The number of halogens is 1. The van der Waals surface area contributed by atoms with Gasteiger partial charge in [0.25, 0.3) is 0 Å². The van der Waals surface area contributed by atoms with Gasteiger partial charge in [-0.3, -0.25) is 8.74 Å². The van der Waals surface area contributed by atoms with E-state index in [-0.39, 0.29) is 5.92 Å². The molecule has 2 aromatic rings. The first-order valence-corrected chi connectivity index (χ1v) is 7.97. The smallest absolute Gasteiger partial charge is 0.302 e. The van der Waals surface area contributed by atoms with E-state index in [1.165, 1.54) is 0 Å². The van der Waals surface area contributed by atoms with Crippen LogP contribution in [0.2, 0.25) is 5.02 Å². The average molecular weight is 329 g/mol. The van der Waals surface area contributed by atoms with Crippen LogP contribution in [0.1, 0.15) is 30.8 Å². The lowest BCUT2D eigenvalue weighted by molar-refractivity contribution is 0.176. The molecule has 0 saturated heterocycles. The van der Waals surface area contributed by atoms with Crippen molar-refractivity contribution >= 4 is 23.0 Å². The molecule has 0 aliphatic heterocycles. The number of hydrogen-bond acceptors (Lipinski definition) is 3. The van der Waals surface area contributed by atoms with Crippen molar-refractivity contribution in [1.29, 1.82) is 0 Å². The summed E-state index contributed by atoms with van der Waals surface area (Å²) in [6, 6.07) is 7.09.